The SMILES string of the molecule is C[CH]=[Hf]([CH]1C=Cc2ccccc21)([CH]1C=Cc2ccccc21)[CH]1c2ccccc2-c2ccccc21. The van der Waals surface area contributed by atoms with Gasteiger partial charge in [-0.05, 0) is 0 Å². The molecule has 7 rings (SSSR count). The normalized spacial score (nSPS) is 21.0. The van der Waals surface area contributed by atoms with E-state index in [0.29, 0.717) is 11.0 Å². The van der Waals surface area contributed by atoms with Gasteiger partial charge in [0.1, 0.15) is 0 Å². The molecule has 0 saturated heterocycles. The van der Waals surface area contributed by atoms with Crippen molar-refractivity contribution in [1.82, 2.24) is 0 Å². The second-order valence-electron chi connectivity index (χ2n) is 9.83. The van der Waals surface area contributed by atoms with Crippen LogP contribution >= 0.6 is 0 Å². The molecule has 3 aliphatic rings. The molecule has 3 aliphatic carbocycles. The fourth-order valence-corrected chi connectivity index (χ4v) is 29.4. The van der Waals surface area contributed by atoms with E-state index in [9.17, 15) is 0 Å². The van der Waals surface area contributed by atoms with Gasteiger partial charge in [-0.15, -0.1) is 0 Å². The van der Waals surface area contributed by atoms with Gasteiger partial charge >= 0.3 is 207 Å². The molecule has 0 nitrogen and oxygen atoms in total. The van der Waals surface area contributed by atoms with Crippen molar-refractivity contribution in [2.24, 2.45) is 0 Å². The molecule has 34 heavy (non-hydrogen) atoms. The molecule has 0 N–H and O–H groups in total. The summed E-state index contributed by atoms with van der Waals surface area (Å²) < 4.78 is 4.29. The van der Waals surface area contributed by atoms with E-state index in [1.165, 1.54) is 22.3 Å². The quantitative estimate of drug-likeness (QED) is 0.207. The molecule has 2 unspecified atom stereocenters. The Morgan fingerprint density at radius 3 is 1.41 bits per heavy atom. The molecule has 0 heterocycles. The Hall–Kier alpha value is -2.90. The Morgan fingerprint density at radius 1 is 0.529 bits per heavy atom. The first-order valence-corrected chi connectivity index (χ1v) is 20.7. The molecule has 0 aliphatic heterocycles. The van der Waals surface area contributed by atoms with E-state index in [4.69, 9.17) is 0 Å². The summed E-state index contributed by atoms with van der Waals surface area (Å²) in [7, 11) is 0. The summed E-state index contributed by atoms with van der Waals surface area (Å²) in [5, 5.41) is 0. The molecular weight excluding hydrogens is 575 g/mol. The van der Waals surface area contributed by atoms with Crippen LogP contribution in [0.3, 0.4) is 0 Å². The van der Waals surface area contributed by atoms with E-state index in [-0.39, 0.29) is 0 Å². The van der Waals surface area contributed by atoms with Crippen LogP contribution < -0.4 is 0 Å². The van der Waals surface area contributed by atoms with Gasteiger partial charge in [0.2, 0.25) is 0 Å². The average Bonchev–Trinajstić information content (AvgIpc) is 3.61. The predicted molar refractivity (Wildman–Crippen MR) is 142 cm³/mol. The molecule has 0 aromatic heterocycles. The Kier molecular flexibility index (Phi) is 4.71. The van der Waals surface area contributed by atoms with Gasteiger partial charge < -0.3 is 0 Å². The minimum atomic E-state index is -3.55. The molecule has 0 fully saturated rings. The van der Waals surface area contributed by atoms with Gasteiger partial charge in [-0.2, -0.15) is 0 Å². The zero-order chi connectivity index (χ0) is 22.7. The zero-order valence-electron chi connectivity index (χ0n) is 19.4. The van der Waals surface area contributed by atoms with Crippen LogP contribution in [0.1, 0.15) is 51.3 Å². The first kappa shape index (κ1) is 20.5. The van der Waals surface area contributed by atoms with Crippen molar-refractivity contribution in [3.05, 3.63) is 143 Å². The Balaban J connectivity index is 1.57. The van der Waals surface area contributed by atoms with E-state index in [1.807, 2.05) is 0 Å². The molecule has 0 amide bonds. The Labute approximate surface area is 206 Å². The van der Waals surface area contributed by atoms with Crippen LogP contribution in [0.25, 0.3) is 23.3 Å². The van der Waals surface area contributed by atoms with Crippen molar-refractivity contribution in [2.75, 3.05) is 0 Å². The summed E-state index contributed by atoms with van der Waals surface area (Å²) in [5.74, 6) is 0. The number of hydrogen-bond acceptors (Lipinski definition) is 0. The van der Waals surface area contributed by atoms with Gasteiger partial charge in [0.05, 0.1) is 0 Å². The van der Waals surface area contributed by atoms with Gasteiger partial charge in [0.15, 0.2) is 0 Å². The number of hydrogen-bond donors (Lipinski definition) is 0. The van der Waals surface area contributed by atoms with E-state index >= 15 is 0 Å². The third-order valence-electron chi connectivity index (χ3n) is 8.51. The molecule has 163 valence electrons. The minimum absolute atomic E-state index is 0.492. The second-order valence-corrected chi connectivity index (χ2v) is 25.6. The van der Waals surface area contributed by atoms with E-state index in [2.05, 4.69) is 132 Å². The predicted octanol–water partition coefficient (Wildman–Crippen LogP) is 8.27. The molecule has 0 spiro atoms. The molecule has 4 aromatic carbocycles. The number of benzene rings is 4. The summed E-state index contributed by atoms with van der Waals surface area (Å²) in [6.07, 6.45) is 9.94. The van der Waals surface area contributed by atoms with Crippen molar-refractivity contribution in [3.63, 3.8) is 0 Å². The number of rotatable bonds is 3. The maximum atomic E-state index is 2.77. The van der Waals surface area contributed by atoms with Crippen LogP contribution in [-0.4, -0.2) is 3.76 Å². The summed E-state index contributed by atoms with van der Waals surface area (Å²) in [4.78, 5) is 0. The van der Waals surface area contributed by atoms with E-state index in [0.717, 1.165) is 0 Å². The second kappa shape index (κ2) is 7.82. The van der Waals surface area contributed by atoms with Crippen LogP contribution in [0.5, 0.6) is 0 Å². The number of fused-ring (bicyclic) bond motifs is 5. The molecule has 0 saturated carbocycles. The van der Waals surface area contributed by atoms with E-state index in [1.54, 1.807) is 22.3 Å². The van der Waals surface area contributed by atoms with Crippen molar-refractivity contribution in [1.29, 1.82) is 0 Å². The van der Waals surface area contributed by atoms with Crippen LogP contribution in [-0.2, 0) is 19.5 Å². The third kappa shape index (κ3) is 2.71. The molecule has 2 atom stereocenters. The standard InChI is InChI=1S/C13H9.2C9H7.C2H4.Hf/c1-3-7-12-10(5-1)9-11-6-2-4-8-13(11)12;2*1-2-5-9-7-3-6-8(9)4-1;1-2;/h1-9H;2*1-7H;1H,2H3;. The zero-order valence-corrected chi connectivity index (χ0v) is 22.9. The molecule has 4 aromatic rings. The fourth-order valence-electron chi connectivity index (χ4n) is 7.14. The number of allylic oxidation sites excluding steroid dienone is 2. The Bertz CT molecular complexity index is 1440. The van der Waals surface area contributed by atoms with Crippen molar-refractivity contribution < 1.29 is 19.5 Å². The molecule has 1 heteroatoms. The van der Waals surface area contributed by atoms with Crippen LogP contribution in [0.2, 0.25) is 0 Å². The van der Waals surface area contributed by atoms with Crippen LogP contribution in [0.15, 0.2) is 109 Å². The van der Waals surface area contributed by atoms with Crippen LogP contribution in [0, 0.1) is 0 Å². The Morgan fingerprint density at radius 2 is 0.941 bits per heavy atom. The average molecular weight is 602 g/mol. The van der Waals surface area contributed by atoms with Crippen molar-refractivity contribution in [2.45, 2.75) is 17.9 Å². The van der Waals surface area contributed by atoms with E-state index < -0.39 is 19.5 Å². The molecule has 0 radical (unpaired) electrons. The topological polar surface area (TPSA) is 0 Å². The molecule has 0 bridgehead atoms. The summed E-state index contributed by atoms with van der Waals surface area (Å²) >= 11 is -3.55. The van der Waals surface area contributed by atoms with Gasteiger partial charge in [0, 0.05) is 0 Å². The van der Waals surface area contributed by atoms with Gasteiger partial charge in [-0.1, -0.05) is 0 Å². The maximum absolute atomic E-state index is 3.55. The van der Waals surface area contributed by atoms with Crippen molar-refractivity contribution >= 4 is 15.9 Å². The van der Waals surface area contributed by atoms with Gasteiger partial charge in [-0.3, -0.25) is 0 Å². The summed E-state index contributed by atoms with van der Waals surface area (Å²) in [5.41, 5.74) is 11.9. The van der Waals surface area contributed by atoms with Crippen molar-refractivity contribution in [3.8, 4) is 11.1 Å². The first-order valence-electron chi connectivity index (χ1n) is 12.4. The monoisotopic (exact) mass is 603 g/mol. The van der Waals surface area contributed by atoms with Gasteiger partial charge in [0.25, 0.3) is 0 Å². The summed E-state index contributed by atoms with van der Waals surface area (Å²) in [6.45, 7) is 2.40. The third-order valence-corrected chi connectivity index (χ3v) is 29.3. The first-order chi connectivity index (χ1) is 16.8. The van der Waals surface area contributed by atoms with Gasteiger partial charge in [-0.25, -0.2) is 0 Å². The summed E-state index contributed by atoms with van der Waals surface area (Å²) in [6, 6.07) is 36.7. The fraction of sp³-hybridized carbons (Fsp3) is 0.121. The molecular formula is C33H27Hf. The van der Waals surface area contributed by atoms with Crippen LogP contribution in [0.4, 0.5) is 0 Å².